The average Bonchev–Trinajstić information content (AvgIpc) is 2.61. The van der Waals surface area contributed by atoms with E-state index in [1.165, 1.54) is 0 Å². The number of carbonyl (C=O) groups is 1. The van der Waals surface area contributed by atoms with E-state index in [1.54, 1.807) is 62.4 Å². The number of aliphatic hydroxyl groups is 2. The van der Waals surface area contributed by atoms with Gasteiger partial charge >= 0.3 is 0 Å². The molecule has 0 radical (unpaired) electrons. The van der Waals surface area contributed by atoms with Crippen LogP contribution in [0.2, 0.25) is 0 Å². The molecule has 0 saturated carbocycles. The minimum atomic E-state index is -1.65. The first kappa shape index (κ1) is 17.9. The summed E-state index contributed by atoms with van der Waals surface area (Å²) in [5.41, 5.74) is -1.36. The molecule has 0 aliphatic heterocycles. The van der Waals surface area contributed by atoms with Crippen LogP contribution in [0.15, 0.2) is 72.8 Å². The summed E-state index contributed by atoms with van der Waals surface area (Å²) in [6.45, 7) is 7.03. The Bertz CT molecular complexity index is 669. The first-order valence-corrected chi connectivity index (χ1v) is 7.77. The van der Waals surface area contributed by atoms with E-state index in [0.29, 0.717) is 11.1 Å². The van der Waals surface area contributed by atoms with Crippen molar-refractivity contribution in [3.8, 4) is 0 Å². The second-order valence-electron chi connectivity index (χ2n) is 6.42. The van der Waals surface area contributed by atoms with Crippen LogP contribution in [0.5, 0.6) is 0 Å². The smallest absolute Gasteiger partial charge is 0.250 e. The van der Waals surface area contributed by atoms with Gasteiger partial charge in [-0.3, -0.25) is 4.79 Å². The summed E-state index contributed by atoms with van der Waals surface area (Å²) < 4.78 is 0. The van der Waals surface area contributed by atoms with Gasteiger partial charge in [0.2, 0.25) is 0 Å². The molecule has 0 unspecified atom stereocenters. The van der Waals surface area contributed by atoms with E-state index in [9.17, 15) is 15.0 Å². The predicted octanol–water partition coefficient (Wildman–Crippen LogP) is 2.37. The molecule has 126 valence electrons. The fourth-order valence-electron chi connectivity index (χ4n) is 2.46. The first-order valence-electron chi connectivity index (χ1n) is 7.77. The standard InChI is InChI=1S/C20H23NO3/c1-15(18(23)21-19(2,3)14-22)20(24,16-10-6-4-7-11-16)17-12-8-5-9-13-17/h4-13,22,24H,1,14H2,2-3H3,(H,21,23). The van der Waals surface area contributed by atoms with Crippen molar-refractivity contribution in [1.29, 1.82) is 0 Å². The van der Waals surface area contributed by atoms with Crippen molar-refractivity contribution < 1.29 is 15.0 Å². The molecule has 0 saturated heterocycles. The van der Waals surface area contributed by atoms with Crippen LogP contribution in [-0.4, -0.2) is 28.3 Å². The van der Waals surface area contributed by atoms with Crippen LogP contribution in [-0.2, 0) is 10.4 Å². The number of nitrogens with one attached hydrogen (secondary N) is 1. The fourth-order valence-corrected chi connectivity index (χ4v) is 2.46. The molecule has 2 rings (SSSR count). The molecule has 4 nitrogen and oxygen atoms in total. The Labute approximate surface area is 142 Å². The summed E-state index contributed by atoms with van der Waals surface area (Å²) in [4.78, 5) is 12.6. The fraction of sp³-hybridized carbons (Fsp3) is 0.250. The Hall–Kier alpha value is -2.43. The Kier molecular flexibility index (Phi) is 5.22. The van der Waals surface area contributed by atoms with Gasteiger partial charge in [-0.25, -0.2) is 0 Å². The van der Waals surface area contributed by atoms with Gasteiger partial charge in [-0.05, 0) is 25.0 Å². The number of benzene rings is 2. The number of aliphatic hydroxyl groups excluding tert-OH is 1. The van der Waals surface area contributed by atoms with E-state index in [1.807, 2.05) is 12.1 Å². The lowest BCUT2D eigenvalue weighted by atomic mass is 9.80. The summed E-state index contributed by atoms with van der Waals surface area (Å²) in [7, 11) is 0. The Morgan fingerprint density at radius 1 is 1.00 bits per heavy atom. The number of rotatable bonds is 6. The molecule has 0 aliphatic rings. The molecule has 2 aromatic carbocycles. The first-order chi connectivity index (χ1) is 11.3. The Morgan fingerprint density at radius 3 is 1.79 bits per heavy atom. The average molecular weight is 325 g/mol. The van der Waals surface area contributed by atoms with Gasteiger partial charge in [0.1, 0.15) is 5.60 Å². The van der Waals surface area contributed by atoms with Crippen LogP contribution in [0.1, 0.15) is 25.0 Å². The van der Waals surface area contributed by atoms with Crippen molar-refractivity contribution >= 4 is 5.91 Å². The van der Waals surface area contributed by atoms with Crippen molar-refractivity contribution in [2.75, 3.05) is 6.61 Å². The molecule has 0 fully saturated rings. The highest BCUT2D eigenvalue weighted by Gasteiger charge is 2.39. The third-order valence-corrected chi connectivity index (χ3v) is 3.94. The van der Waals surface area contributed by atoms with Gasteiger partial charge in [0.15, 0.2) is 0 Å². The topological polar surface area (TPSA) is 69.6 Å². The lowest BCUT2D eigenvalue weighted by Gasteiger charge is -2.33. The summed E-state index contributed by atoms with van der Waals surface area (Å²) in [6.07, 6.45) is 0. The van der Waals surface area contributed by atoms with E-state index in [4.69, 9.17) is 0 Å². The SMILES string of the molecule is C=C(C(=O)NC(C)(C)CO)C(O)(c1ccccc1)c1ccccc1. The number of hydrogen-bond donors (Lipinski definition) is 3. The molecule has 0 heterocycles. The molecule has 0 aromatic heterocycles. The Morgan fingerprint density at radius 2 is 1.42 bits per heavy atom. The van der Waals surface area contributed by atoms with Crippen LogP contribution in [0.3, 0.4) is 0 Å². The van der Waals surface area contributed by atoms with E-state index < -0.39 is 17.0 Å². The predicted molar refractivity (Wildman–Crippen MR) is 94.3 cm³/mol. The summed E-state index contributed by atoms with van der Waals surface area (Å²) in [5, 5.41) is 23.5. The maximum Gasteiger partial charge on any atom is 0.250 e. The lowest BCUT2D eigenvalue weighted by molar-refractivity contribution is -0.121. The van der Waals surface area contributed by atoms with Crippen molar-refractivity contribution in [2.24, 2.45) is 0 Å². The highest BCUT2D eigenvalue weighted by atomic mass is 16.3. The van der Waals surface area contributed by atoms with Crippen molar-refractivity contribution in [3.63, 3.8) is 0 Å². The van der Waals surface area contributed by atoms with Crippen molar-refractivity contribution in [1.82, 2.24) is 5.32 Å². The van der Waals surface area contributed by atoms with Crippen LogP contribution >= 0.6 is 0 Å². The van der Waals surface area contributed by atoms with Gasteiger partial charge in [0.25, 0.3) is 5.91 Å². The zero-order valence-electron chi connectivity index (χ0n) is 14.0. The van der Waals surface area contributed by atoms with Crippen molar-refractivity contribution in [3.05, 3.63) is 83.9 Å². The number of amides is 1. The summed E-state index contributed by atoms with van der Waals surface area (Å²) in [6, 6.07) is 17.9. The lowest BCUT2D eigenvalue weighted by Crippen LogP contribution is -2.49. The van der Waals surface area contributed by atoms with E-state index >= 15 is 0 Å². The minimum absolute atomic E-state index is 0.00132. The van der Waals surface area contributed by atoms with Crippen LogP contribution in [0.4, 0.5) is 0 Å². The molecular formula is C20H23NO3. The minimum Gasteiger partial charge on any atom is -0.394 e. The van der Waals surface area contributed by atoms with Gasteiger partial charge in [-0.2, -0.15) is 0 Å². The van der Waals surface area contributed by atoms with Gasteiger partial charge < -0.3 is 15.5 Å². The Balaban J connectivity index is 2.48. The van der Waals surface area contributed by atoms with Gasteiger partial charge in [0, 0.05) is 0 Å². The number of hydrogen-bond acceptors (Lipinski definition) is 3. The second-order valence-corrected chi connectivity index (χ2v) is 6.42. The third kappa shape index (κ3) is 3.55. The zero-order valence-corrected chi connectivity index (χ0v) is 14.0. The van der Waals surface area contributed by atoms with E-state index in [0.717, 1.165) is 0 Å². The van der Waals surface area contributed by atoms with E-state index in [2.05, 4.69) is 11.9 Å². The second kappa shape index (κ2) is 6.99. The summed E-state index contributed by atoms with van der Waals surface area (Å²) >= 11 is 0. The molecule has 3 N–H and O–H groups in total. The molecule has 4 heteroatoms. The molecule has 0 atom stereocenters. The largest absolute Gasteiger partial charge is 0.394 e. The van der Waals surface area contributed by atoms with Crippen LogP contribution in [0, 0.1) is 0 Å². The van der Waals surface area contributed by atoms with Crippen LogP contribution in [0.25, 0.3) is 0 Å². The summed E-state index contributed by atoms with van der Waals surface area (Å²) in [5.74, 6) is -0.510. The van der Waals surface area contributed by atoms with E-state index in [-0.39, 0.29) is 12.2 Å². The van der Waals surface area contributed by atoms with Crippen LogP contribution < -0.4 is 5.32 Å². The molecule has 24 heavy (non-hydrogen) atoms. The molecule has 0 spiro atoms. The molecule has 2 aromatic rings. The van der Waals surface area contributed by atoms with Crippen molar-refractivity contribution in [2.45, 2.75) is 25.0 Å². The molecular weight excluding hydrogens is 302 g/mol. The third-order valence-electron chi connectivity index (χ3n) is 3.94. The highest BCUT2D eigenvalue weighted by molar-refractivity contribution is 5.96. The maximum absolute atomic E-state index is 12.6. The van der Waals surface area contributed by atoms with Gasteiger partial charge in [-0.15, -0.1) is 0 Å². The quantitative estimate of drug-likeness (QED) is 0.714. The molecule has 1 amide bonds. The normalized spacial score (nSPS) is 11.8. The van der Waals surface area contributed by atoms with Gasteiger partial charge in [0.05, 0.1) is 17.7 Å². The molecule has 0 aliphatic carbocycles. The monoisotopic (exact) mass is 325 g/mol. The molecule has 0 bridgehead atoms. The number of carbonyl (C=O) groups excluding carboxylic acids is 1. The highest BCUT2D eigenvalue weighted by Crippen LogP contribution is 2.36. The zero-order chi connectivity index (χ0) is 17.8. The maximum atomic E-state index is 12.6. The van der Waals surface area contributed by atoms with Gasteiger partial charge in [-0.1, -0.05) is 67.2 Å².